The van der Waals surface area contributed by atoms with Crippen LogP contribution >= 0.6 is 11.6 Å². The summed E-state index contributed by atoms with van der Waals surface area (Å²) < 4.78 is 0. The van der Waals surface area contributed by atoms with Crippen molar-refractivity contribution >= 4 is 23.1 Å². The van der Waals surface area contributed by atoms with Gasteiger partial charge in [0, 0.05) is 18.8 Å². The lowest BCUT2D eigenvalue weighted by Gasteiger charge is -2.39. The van der Waals surface area contributed by atoms with E-state index >= 15 is 0 Å². The average Bonchev–Trinajstić information content (AvgIpc) is 2.23. The minimum atomic E-state index is 0.490. The first-order valence-electron chi connectivity index (χ1n) is 5.77. The van der Waals surface area contributed by atoms with E-state index in [4.69, 9.17) is 17.3 Å². The van der Waals surface area contributed by atoms with Gasteiger partial charge in [0.25, 0.3) is 0 Å². The van der Waals surface area contributed by atoms with Gasteiger partial charge in [0.15, 0.2) is 5.82 Å². The summed E-state index contributed by atoms with van der Waals surface area (Å²) in [5.41, 5.74) is 6.65. The van der Waals surface area contributed by atoms with E-state index in [1.165, 1.54) is 12.8 Å². The summed E-state index contributed by atoms with van der Waals surface area (Å²) in [6.45, 7) is 5.55. The number of nitrogens with zero attached hydrogens (tertiary/aromatic N) is 2. The van der Waals surface area contributed by atoms with Crippen LogP contribution in [0.5, 0.6) is 0 Å². The zero-order valence-corrected chi connectivity index (χ0v) is 10.5. The maximum absolute atomic E-state index is 5.97. The van der Waals surface area contributed by atoms with Crippen molar-refractivity contribution in [3.63, 3.8) is 0 Å². The van der Waals surface area contributed by atoms with Gasteiger partial charge in [-0.1, -0.05) is 18.5 Å². The molecule has 88 valence electrons. The van der Waals surface area contributed by atoms with Gasteiger partial charge in [0.05, 0.1) is 10.7 Å². The molecule has 0 aliphatic carbocycles. The van der Waals surface area contributed by atoms with Crippen molar-refractivity contribution in [3.8, 4) is 0 Å². The number of piperidine rings is 1. The summed E-state index contributed by atoms with van der Waals surface area (Å²) in [4.78, 5) is 6.65. The third kappa shape index (κ3) is 2.09. The lowest BCUT2D eigenvalue weighted by atomic mass is 9.92. The van der Waals surface area contributed by atoms with E-state index in [-0.39, 0.29) is 0 Å². The molecule has 0 radical (unpaired) electrons. The Morgan fingerprint density at radius 2 is 2.25 bits per heavy atom. The van der Waals surface area contributed by atoms with Crippen LogP contribution < -0.4 is 10.6 Å². The van der Waals surface area contributed by atoms with Crippen molar-refractivity contribution in [1.82, 2.24) is 4.98 Å². The topological polar surface area (TPSA) is 42.2 Å². The number of nitrogens with two attached hydrogens (primary N) is 1. The normalized spacial score (nSPS) is 25.8. The number of pyridine rings is 1. The second-order valence-electron chi connectivity index (χ2n) is 4.62. The monoisotopic (exact) mass is 239 g/mol. The Hall–Kier alpha value is -0.960. The fourth-order valence-corrected chi connectivity index (χ4v) is 2.49. The van der Waals surface area contributed by atoms with Crippen molar-refractivity contribution in [1.29, 1.82) is 0 Å². The first kappa shape index (κ1) is 11.5. The van der Waals surface area contributed by atoms with Gasteiger partial charge in [0.1, 0.15) is 0 Å². The zero-order chi connectivity index (χ0) is 11.7. The molecule has 1 aliphatic rings. The van der Waals surface area contributed by atoms with Crippen molar-refractivity contribution in [2.24, 2.45) is 5.92 Å². The summed E-state index contributed by atoms with van der Waals surface area (Å²) >= 11 is 5.86. The molecule has 0 aromatic carbocycles. The number of aromatic nitrogens is 1. The summed E-state index contributed by atoms with van der Waals surface area (Å²) in [6, 6.07) is 2.26. The van der Waals surface area contributed by atoms with Gasteiger partial charge < -0.3 is 10.6 Å². The summed E-state index contributed by atoms with van der Waals surface area (Å²) in [6.07, 6.45) is 4.15. The van der Waals surface area contributed by atoms with E-state index < -0.39 is 0 Å². The molecule has 4 heteroatoms. The number of rotatable bonds is 1. The first-order valence-corrected chi connectivity index (χ1v) is 6.15. The predicted octanol–water partition coefficient (Wildman–Crippen LogP) is 2.94. The van der Waals surface area contributed by atoms with Gasteiger partial charge in [-0.15, -0.1) is 0 Å². The smallest absolute Gasteiger partial charge is 0.152 e. The Morgan fingerprint density at radius 1 is 1.50 bits per heavy atom. The van der Waals surface area contributed by atoms with Crippen LogP contribution in [0, 0.1) is 5.92 Å². The Bertz CT molecular complexity index is 381. The van der Waals surface area contributed by atoms with Crippen LogP contribution in [0.15, 0.2) is 12.3 Å². The molecule has 2 N–H and O–H groups in total. The summed E-state index contributed by atoms with van der Waals surface area (Å²) in [5, 5.41) is 0.596. The van der Waals surface area contributed by atoms with E-state index in [9.17, 15) is 0 Å². The highest BCUT2D eigenvalue weighted by molar-refractivity contribution is 6.30. The lowest BCUT2D eigenvalue weighted by Crippen LogP contribution is -2.43. The quantitative estimate of drug-likeness (QED) is 0.820. The molecule has 0 bridgehead atoms. The maximum atomic E-state index is 5.97. The Labute approximate surface area is 102 Å². The van der Waals surface area contributed by atoms with E-state index in [0.29, 0.717) is 22.7 Å². The fourth-order valence-electron chi connectivity index (χ4n) is 2.32. The molecule has 2 unspecified atom stereocenters. The van der Waals surface area contributed by atoms with Crippen molar-refractivity contribution in [3.05, 3.63) is 17.3 Å². The molecular weight excluding hydrogens is 222 g/mol. The molecule has 1 aliphatic heterocycles. The highest BCUT2D eigenvalue weighted by Crippen LogP contribution is 2.31. The Balaban J connectivity index is 2.29. The molecule has 1 aromatic rings. The van der Waals surface area contributed by atoms with Gasteiger partial charge in [-0.05, 0) is 31.7 Å². The molecule has 0 spiro atoms. The first-order chi connectivity index (χ1) is 7.59. The second kappa shape index (κ2) is 4.50. The van der Waals surface area contributed by atoms with Gasteiger partial charge in [-0.3, -0.25) is 0 Å². The molecule has 2 rings (SSSR count). The van der Waals surface area contributed by atoms with Gasteiger partial charge in [-0.25, -0.2) is 4.98 Å². The molecule has 3 nitrogen and oxygen atoms in total. The lowest BCUT2D eigenvalue weighted by molar-refractivity contribution is 0.362. The molecule has 1 saturated heterocycles. The van der Waals surface area contributed by atoms with Crippen LogP contribution in [0.4, 0.5) is 11.5 Å². The molecule has 2 atom stereocenters. The maximum Gasteiger partial charge on any atom is 0.152 e. The van der Waals surface area contributed by atoms with Crippen molar-refractivity contribution in [2.75, 3.05) is 17.2 Å². The van der Waals surface area contributed by atoms with Gasteiger partial charge in [0.2, 0.25) is 0 Å². The number of anilines is 2. The zero-order valence-electron chi connectivity index (χ0n) is 9.78. The third-order valence-electron chi connectivity index (χ3n) is 3.51. The van der Waals surface area contributed by atoms with E-state index in [2.05, 4.69) is 23.7 Å². The second-order valence-corrected chi connectivity index (χ2v) is 5.06. The SMILES string of the molecule is CC1CCCN(c2ncc(Cl)cc2N)C1C. The number of hydrogen-bond donors (Lipinski definition) is 1. The molecule has 0 amide bonds. The fraction of sp³-hybridized carbons (Fsp3) is 0.583. The van der Waals surface area contributed by atoms with Crippen molar-refractivity contribution < 1.29 is 0 Å². The minimum absolute atomic E-state index is 0.490. The molecule has 0 saturated carbocycles. The van der Waals surface area contributed by atoms with Crippen LogP contribution in [-0.2, 0) is 0 Å². The molecule has 1 aromatic heterocycles. The molecule has 1 fully saturated rings. The highest BCUT2D eigenvalue weighted by atomic mass is 35.5. The Morgan fingerprint density at radius 3 is 2.94 bits per heavy atom. The van der Waals surface area contributed by atoms with E-state index in [0.717, 1.165) is 12.4 Å². The van der Waals surface area contributed by atoms with Crippen molar-refractivity contribution in [2.45, 2.75) is 32.7 Å². The summed E-state index contributed by atoms with van der Waals surface area (Å²) in [7, 11) is 0. The highest BCUT2D eigenvalue weighted by Gasteiger charge is 2.26. The average molecular weight is 240 g/mol. The standard InChI is InChI=1S/C12H18ClN3/c1-8-4-3-5-16(9(8)2)12-11(14)6-10(13)7-15-12/h6-9H,3-5,14H2,1-2H3. The molecule has 2 heterocycles. The minimum Gasteiger partial charge on any atom is -0.396 e. The molecular formula is C12H18ClN3. The number of nitrogen functional groups attached to an aromatic ring is 1. The summed E-state index contributed by atoms with van der Waals surface area (Å²) in [5.74, 6) is 1.56. The number of halogens is 1. The third-order valence-corrected chi connectivity index (χ3v) is 3.71. The van der Waals surface area contributed by atoms with Gasteiger partial charge in [-0.2, -0.15) is 0 Å². The van der Waals surface area contributed by atoms with E-state index in [1.807, 2.05) is 0 Å². The van der Waals surface area contributed by atoms with Crippen LogP contribution in [-0.4, -0.2) is 17.6 Å². The van der Waals surface area contributed by atoms with Crippen LogP contribution in [0.3, 0.4) is 0 Å². The molecule has 16 heavy (non-hydrogen) atoms. The van der Waals surface area contributed by atoms with E-state index in [1.54, 1.807) is 12.3 Å². The van der Waals surface area contributed by atoms with Crippen LogP contribution in [0.25, 0.3) is 0 Å². The predicted molar refractivity (Wildman–Crippen MR) is 68.9 cm³/mol. The number of hydrogen-bond acceptors (Lipinski definition) is 3. The van der Waals surface area contributed by atoms with Gasteiger partial charge >= 0.3 is 0 Å². The van der Waals surface area contributed by atoms with Crippen LogP contribution in [0.1, 0.15) is 26.7 Å². The van der Waals surface area contributed by atoms with Crippen LogP contribution in [0.2, 0.25) is 5.02 Å². The largest absolute Gasteiger partial charge is 0.396 e. The Kier molecular flexibility index (Phi) is 3.24.